The maximum absolute atomic E-state index is 14.7. The summed E-state index contributed by atoms with van der Waals surface area (Å²) in [6.07, 6.45) is 0.287. The highest BCUT2D eigenvalue weighted by molar-refractivity contribution is 6.31. The van der Waals surface area contributed by atoms with Crippen LogP contribution in [-0.2, 0) is 11.2 Å². The van der Waals surface area contributed by atoms with E-state index in [9.17, 15) is 14.3 Å². The highest BCUT2D eigenvalue weighted by Gasteiger charge is 2.18. The molecule has 0 saturated carbocycles. The number of aromatic hydroxyl groups is 1. The SMILES string of the molecule is Cc1cc(NCC(=O)O)cc(Cl)c1Cc1ccc(O)c(C(C)C)c1F. The molecule has 0 heterocycles. The summed E-state index contributed by atoms with van der Waals surface area (Å²) < 4.78 is 14.7. The van der Waals surface area contributed by atoms with E-state index in [1.165, 1.54) is 6.07 Å². The second-order valence-corrected chi connectivity index (χ2v) is 6.71. The second kappa shape index (κ2) is 7.74. The lowest BCUT2D eigenvalue weighted by atomic mass is 9.94. The van der Waals surface area contributed by atoms with Gasteiger partial charge in [0.25, 0.3) is 0 Å². The topological polar surface area (TPSA) is 69.6 Å². The highest BCUT2D eigenvalue weighted by atomic mass is 35.5. The number of rotatable bonds is 6. The van der Waals surface area contributed by atoms with Crippen molar-refractivity contribution >= 4 is 23.3 Å². The molecule has 0 atom stereocenters. The zero-order valence-electron chi connectivity index (χ0n) is 14.4. The molecule has 0 unspecified atom stereocenters. The van der Waals surface area contributed by atoms with Crippen molar-refractivity contribution in [1.29, 1.82) is 0 Å². The van der Waals surface area contributed by atoms with E-state index < -0.39 is 11.8 Å². The number of anilines is 1. The molecule has 0 aliphatic rings. The minimum absolute atomic E-state index is 0.0488. The van der Waals surface area contributed by atoms with Crippen LogP contribution in [0.4, 0.5) is 10.1 Å². The van der Waals surface area contributed by atoms with Crippen LogP contribution in [0.5, 0.6) is 5.75 Å². The Morgan fingerprint density at radius 3 is 2.56 bits per heavy atom. The van der Waals surface area contributed by atoms with Crippen LogP contribution in [-0.4, -0.2) is 22.7 Å². The summed E-state index contributed by atoms with van der Waals surface area (Å²) in [6, 6.07) is 6.48. The van der Waals surface area contributed by atoms with Gasteiger partial charge >= 0.3 is 5.97 Å². The number of hydrogen-bond donors (Lipinski definition) is 3. The van der Waals surface area contributed by atoms with Crippen LogP contribution in [0, 0.1) is 12.7 Å². The molecular weight excluding hydrogens is 345 g/mol. The summed E-state index contributed by atoms with van der Waals surface area (Å²) in [6.45, 7) is 5.28. The van der Waals surface area contributed by atoms with Crippen molar-refractivity contribution in [2.24, 2.45) is 0 Å². The zero-order chi connectivity index (χ0) is 18.7. The molecule has 0 aromatic heterocycles. The summed E-state index contributed by atoms with van der Waals surface area (Å²) in [5.41, 5.74) is 2.95. The molecule has 2 aromatic carbocycles. The molecule has 2 rings (SSSR count). The fourth-order valence-corrected chi connectivity index (χ4v) is 3.12. The van der Waals surface area contributed by atoms with Gasteiger partial charge in [0.15, 0.2) is 0 Å². The lowest BCUT2D eigenvalue weighted by Crippen LogP contribution is -2.12. The van der Waals surface area contributed by atoms with Crippen LogP contribution in [0.15, 0.2) is 24.3 Å². The Bertz CT molecular complexity index is 782. The Morgan fingerprint density at radius 1 is 1.32 bits per heavy atom. The average molecular weight is 366 g/mol. The fourth-order valence-electron chi connectivity index (χ4n) is 2.78. The summed E-state index contributed by atoms with van der Waals surface area (Å²) >= 11 is 6.33. The number of carbonyl (C=O) groups is 1. The first kappa shape index (κ1) is 19.1. The zero-order valence-corrected chi connectivity index (χ0v) is 15.1. The number of phenolic OH excluding ortho intramolecular Hbond substituents is 1. The monoisotopic (exact) mass is 365 g/mol. The molecular formula is C19H21ClFNO3. The molecule has 4 nitrogen and oxygen atoms in total. The highest BCUT2D eigenvalue weighted by Crippen LogP contribution is 2.33. The maximum Gasteiger partial charge on any atom is 0.322 e. The van der Waals surface area contributed by atoms with Gasteiger partial charge in [0.1, 0.15) is 18.1 Å². The third-order valence-corrected chi connectivity index (χ3v) is 4.38. The molecule has 134 valence electrons. The van der Waals surface area contributed by atoms with Crippen molar-refractivity contribution < 1.29 is 19.4 Å². The molecule has 2 aromatic rings. The Morgan fingerprint density at radius 2 is 2.00 bits per heavy atom. The first-order chi connectivity index (χ1) is 11.7. The number of nitrogens with one attached hydrogen (secondary N) is 1. The lowest BCUT2D eigenvalue weighted by Gasteiger charge is -2.16. The maximum atomic E-state index is 14.7. The number of benzene rings is 2. The Kier molecular flexibility index (Phi) is 5.90. The number of aryl methyl sites for hydroxylation is 1. The van der Waals surface area contributed by atoms with E-state index in [1.807, 2.05) is 20.8 Å². The Labute approximate surface area is 151 Å². The number of halogens is 2. The lowest BCUT2D eigenvalue weighted by molar-refractivity contribution is -0.134. The van der Waals surface area contributed by atoms with Gasteiger partial charge in [0, 0.05) is 22.7 Å². The Balaban J connectivity index is 2.35. The van der Waals surface area contributed by atoms with Gasteiger partial charge in [-0.15, -0.1) is 0 Å². The summed E-state index contributed by atoms with van der Waals surface area (Å²) in [5.74, 6) is -1.57. The molecule has 25 heavy (non-hydrogen) atoms. The minimum atomic E-state index is -0.967. The van der Waals surface area contributed by atoms with Crippen LogP contribution >= 0.6 is 11.6 Å². The summed E-state index contributed by atoms with van der Waals surface area (Å²) in [5, 5.41) is 21.8. The molecule has 0 spiro atoms. The Hall–Kier alpha value is -2.27. The van der Waals surface area contributed by atoms with Gasteiger partial charge in [0.2, 0.25) is 0 Å². The molecule has 0 amide bonds. The predicted octanol–water partition coefficient (Wildman–Crippen LogP) is 4.70. The van der Waals surface area contributed by atoms with E-state index in [1.54, 1.807) is 18.2 Å². The number of carboxylic acid groups (broad SMARTS) is 1. The largest absolute Gasteiger partial charge is 0.508 e. The molecule has 3 N–H and O–H groups in total. The van der Waals surface area contributed by atoms with Gasteiger partial charge in [-0.1, -0.05) is 31.5 Å². The van der Waals surface area contributed by atoms with E-state index in [2.05, 4.69) is 5.32 Å². The van der Waals surface area contributed by atoms with E-state index in [-0.39, 0.29) is 24.6 Å². The molecule has 0 bridgehead atoms. The molecule has 0 fully saturated rings. The number of phenols is 1. The molecule has 0 saturated heterocycles. The van der Waals surface area contributed by atoms with Crippen molar-refractivity contribution in [1.82, 2.24) is 0 Å². The smallest absolute Gasteiger partial charge is 0.322 e. The van der Waals surface area contributed by atoms with E-state index >= 15 is 0 Å². The van der Waals surface area contributed by atoms with E-state index in [4.69, 9.17) is 16.7 Å². The number of carboxylic acids is 1. The van der Waals surface area contributed by atoms with Crippen LogP contribution < -0.4 is 5.32 Å². The van der Waals surface area contributed by atoms with Crippen molar-refractivity contribution in [3.05, 3.63) is 57.4 Å². The molecule has 0 aliphatic heterocycles. The average Bonchev–Trinajstić information content (AvgIpc) is 2.50. The van der Waals surface area contributed by atoms with E-state index in [0.717, 1.165) is 11.1 Å². The molecule has 6 heteroatoms. The van der Waals surface area contributed by atoms with Crippen LogP contribution in [0.25, 0.3) is 0 Å². The fraction of sp³-hybridized carbons (Fsp3) is 0.316. The number of aliphatic carboxylic acids is 1. The normalized spacial score (nSPS) is 11.0. The summed E-state index contributed by atoms with van der Waals surface area (Å²) in [7, 11) is 0. The minimum Gasteiger partial charge on any atom is -0.508 e. The van der Waals surface area contributed by atoms with Crippen LogP contribution in [0.3, 0.4) is 0 Å². The third kappa shape index (κ3) is 4.42. The molecule has 0 aliphatic carbocycles. The van der Waals surface area contributed by atoms with Crippen molar-refractivity contribution in [2.75, 3.05) is 11.9 Å². The first-order valence-corrected chi connectivity index (χ1v) is 8.33. The number of hydrogen-bond acceptors (Lipinski definition) is 3. The van der Waals surface area contributed by atoms with Crippen molar-refractivity contribution in [3.8, 4) is 5.75 Å². The third-order valence-electron chi connectivity index (χ3n) is 4.04. The van der Waals surface area contributed by atoms with Crippen LogP contribution in [0.1, 0.15) is 42.0 Å². The van der Waals surface area contributed by atoms with Gasteiger partial charge in [-0.05, 0) is 47.7 Å². The molecule has 0 radical (unpaired) electrons. The van der Waals surface area contributed by atoms with Crippen LogP contribution in [0.2, 0.25) is 5.02 Å². The van der Waals surface area contributed by atoms with Gasteiger partial charge in [0.05, 0.1) is 0 Å². The second-order valence-electron chi connectivity index (χ2n) is 6.30. The van der Waals surface area contributed by atoms with Crippen molar-refractivity contribution in [2.45, 2.75) is 33.1 Å². The van der Waals surface area contributed by atoms with Crippen molar-refractivity contribution in [3.63, 3.8) is 0 Å². The standard InChI is InChI=1S/C19H21ClFNO3/c1-10(2)18-16(23)5-4-12(19(18)21)7-14-11(3)6-13(8-15(14)20)22-9-17(24)25/h4-6,8,10,22-23H,7,9H2,1-3H3,(H,24,25). The van der Waals surface area contributed by atoms with Gasteiger partial charge in [-0.3, -0.25) is 4.79 Å². The summed E-state index contributed by atoms with van der Waals surface area (Å²) in [4.78, 5) is 10.6. The van der Waals surface area contributed by atoms with Gasteiger partial charge in [-0.25, -0.2) is 4.39 Å². The van der Waals surface area contributed by atoms with E-state index in [0.29, 0.717) is 21.8 Å². The van der Waals surface area contributed by atoms with Gasteiger partial charge in [-0.2, -0.15) is 0 Å². The van der Waals surface area contributed by atoms with Gasteiger partial charge < -0.3 is 15.5 Å². The quantitative estimate of drug-likeness (QED) is 0.693. The first-order valence-electron chi connectivity index (χ1n) is 7.95. The predicted molar refractivity (Wildman–Crippen MR) is 97.3 cm³/mol.